The molecule has 0 fully saturated rings. The molecule has 0 bridgehead atoms. The quantitative estimate of drug-likeness (QED) is 0.903. The molecule has 2 heterocycles. The second kappa shape index (κ2) is 5.22. The maximum Gasteiger partial charge on any atom is 0.349 e. The van der Waals surface area contributed by atoms with E-state index in [2.05, 4.69) is 4.98 Å². The third kappa shape index (κ3) is 2.53. The summed E-state index contributed by atoms with van der Waals surface area (Å²) in [7, 11) is 0. The van der Waals surface area contributed by atoms with Crippen LogP contribution < -0.4 is 4.74 Å². The number of rotatable bonds is 5. The number of hydrogen-bond donors (Lipinski definition) is 1. The molecule has 0 atom stereocenters. The number of imidazole rings is 1. The normalized spacial score (nSPS) is 10.6. The van der Waals surface area contributed by atoms with Gasteiger partial charge in [0.25, 0.3) is 0 Å². The number of hydrogen-bond acceptors (Lipinski definition) is 4. The van der Waals surface area contributed by atoms with Gasteiger partial charge in [-0.2, -0.15) is 0 Å². The van der Waals surface area contributed by atoms with Crippen molar-refractivity contribution in [2.75, 3.05) is 0 Å². The van der Waals surface area contributed by atoms with Gasteiger partial charge >= 0.3 is 5.97 Å². The van der Waals surface area contributed by atoms with Crippen LogP contribution in [0.2, 0.25) is 0 Å². The molecule has 0 aliphatic rings. The summed E-state index contributed by atoms with van der Waals surface area (Å²) in [4.78, 5) is 16.4. The van der Waals surface area contributed by atoms with Gasteiger partial charge in [-0.15, -0.1) is 11.3 Å². The van der Waals surface area contributed by atoms with Crippen molar-refractivity contribution >= 4 is 17.3 Å². The van der Waals surface area contributed by atoms with Crippen molar-refractivity contribution in [2.24, 2.45) is 0 Å². The van der Waals surface area contributed by atoms with E-state index in [9.17, 15) is 4.79 Å². The first-order valence-corrected chi connectivity index (χ1v) is 6.40. The number of aromatic carboxylic acids is 1. The minimum Gasteiger partial charge on any atom is -0.484 e. The molecule has 0 spiro atoms. The molecule has 0 saturated heterocycles. The number of aryl methyl sites for hydroxylation is 2. The Morgan fingerprint density at radius 2 is 2.39 bits per heavy atom. The molecule has 0 radical (unpaired) electrons. The number of thiophene rings is 1. The van der Waals surface area contributed by atoms with Crippen LogP contribution in [0.25, 0.3) is 0 Å². The van der Waals surface area contributed by atoms with Crippen LogP contribution in [0.4, 0.5) is 0 Å². The standard InChI is InChI=1S/C12H14N2O3S/c1-3-14-5-4-13-10(14)7-17-9-6-8(2)18-11(9)12(15)16/h4-6H,3,7H2,1-2H3,(H,15,16). The van der Waals surface area contributed by atoms with Crippen LogP contribution in [0.1, 0.15) is 27.3 Å². The summed E-state index contributed by atoms with van der Waals surface area (Å²) in [5.41, 5.74) is 0. The maximum atomic E-state index is 11.0. The Morgan fingerprint density at radius 1 is 1.61 bits per heavy atom. The molecule has 1 N–H and O–H groups in total. The van der Waals surface area contributed by atoms with Gasteiger partial charge in [0.1, 0.15) is 18.2 Å². The first kappa shape index (κ1) is 12.6. The molecule has 5 nitrogen and oxygen atoms in total. The largest absolute Gasteiger partial charge is 0.484 e. The SMILES string of the molecule is CCn1ccnc1COc1cc(C)sc1C(=O)O. The van der Waals surface area contributed by atoms with Crippen molar-refractivity contribution in [3.63, 3.8) is 0 Å². The van der Waals surface area contributed by atoms with Gasteiger partial charge in [-0.05, 0) is 19.9 Å². The molecule has 0 saturated carbocycles. The molecule has 0 aliphatic carbocycles. The molecule has 6 heteroatoms. The Bertz CT molecular complexity index is 559. The van der Waals surface area contributed by atoms with Crippen molar-refractivity contribution < 1.29 is 14.6 Å². The van der Waals surface area contributed by atoms with Crippen LogP contribution in [-0.2, 0) is 13.2 Å². The van der Waals surface area contributed by atoms with Crippen LogP contribution in [0.3, 0.4) is 0 Å². The summed E-state index contributed by atoms with van der Waals surface area (Å²) in [5.74, 6) is 0.246. The van der Waals surface area contributed by atoms with Crippen molar-refractivity contribution in [2.45, 2.75) is 27.0 Å². The highest BCUT2D eigenvalue weighted by Crippen LogP contribution is 2.29. The first-order chi connectivity index (χ1) is 8.61. The van der Waals surface area contributed by atoms with Crippen molar-refractivity contribution in [3.8, 4) is 5.75 Å². The molecule has 0 aromatic carbocycles. The summed E-state index contributed by atoms with van der Waals surface area (Å²) in [5, 5.41) is 9.05. The molecule has 0 aliphatic heterocycles. The van der Waals surface area contributed by atoms with Gasteiger partial charge in [0.2, 0.25) is 0 Å². The van der Waals surface area contributed by atoms with E-state index in [1.165, 1.54) is 11.3 Å². The lowest BCUT2D eigenvalue weighted by atomic mass is 10.4. The third-order valence-corrected chi connectivity index (χ3v) is 3.53. The molecular formula is C12H14N2O3S. The number of aromatic nitrogens is 2. The van der Waals surface area contributed by atoms with Crippen molar-refractivity contribution in [1.29, 1.82) is 0 Å². The lowest BCUT2D eigenvalue weighted by Crippen LogP contribution is -2.06. The zero-order valence-electron chi connectivity index (χ0n) is 10.2. The van der Waals surface area contributed by atoms with E-state index in [0.29, 0.717) is 5.75 Å². The highest BCUT2D eigenvalue weighted by atomic mass is 32.1. The zero-order chi connectivity index (χ0) is 13.1. The molecule has 2 rings (SSSR count). The fourth-order valence-corrected chi connectivity index (χ4v) is 2.45. The fourth-order valence-electron chi connectivity index (χ4n) is 1.66. The Balaban J connectivity index is 2.13. The van der Waals surface area contributed by atoms with Gasteiger partial charge in [0.05, 0.1) is 0 Å². The van der Waals surface area contributed by atoms with Crippen LogP contribution in [0.15, 0.2) is 18.5 Å². The minimum atomic E-state index is -0.957. The van der Waals surface area contributed by atoms with E-state index in [1.54, 1.807) is 12.3 Å². The smallest absolute Gasteiger partial charge is 0.349 e. The molecule has 18 heavy (non-hydrogen) atoms. The van der Waals surface area contributed by atoms with Crippen LogP contribution in [0, 0.1) is 6.92 Å². The van der Waals surface area contributed by atoms with Crippen LogP contribution in [-0.4, -0.2) is 20.6 Å². The van der Waals surface area contributed by atoms with Crippen molar-refractivity contribution in [1.82, 2.24) is 9.55 Å². The highest BCUT2D eigenvalue weighted by molar-refractivity contribution is 7.14. The third-order valence-electron chi connectivity index (χ3n) is 2.51. The fraction of sp³-hybridized carbons (Fsp3) is 0.333. The van der Waals surface area contributed by atoms with Gasteiger partial charge in [-0.25, -0.2) is 9.78 Å². The maximum absolute atomic E-state index is 11.0. The summed E-state index contributed by atoms with van der Waals surface area (Å²) in [6.45, 7) is 4.96. The van der Waals surface area contributed by atoms with Gasteiger partial charge in [0.15, 0.2) is 4.88 Å². The number of carboxylic acids is 1. The van der Waals surface area contributed by atoms with E-state index >= 15 is 0 Å². The molecule has 0 amide bonds. The average Bonchev–Trinajstić information content (AvgIpc) is 2.91. The van der Waals surface area contributed by atoms with Gasteiger partial charge in [-0.3, -0.25) is 0 Å². The van der Waals surface area contributed by atoms with E-state index in [4.69, 9.17) is 9.84 Å². The van der Waals surface area contributed by atoms with E-state index in [1.807, 2.05) is 24.6 Å². The molecule has 2 aromatic heterocycles. The number of ether oxygens (including phenoxy) is 1. The Labute approximate surface area is 109 Å². The van der Waals surface area contributed by atoms with Crippen LogP contribution in [0.5, 0.6) is 5.75 Å². The van der Waals surface area contributed by atoms with Gasteiger partial charge in [-0.1, -0.05) is 0 Å². The second-order valence-corrected chi connectivity index (χ2v) is 5.03. The van der Waals surface area contributed by atoms with Gasteiger partial charge in [0, 0.05) is 23.8 Å². The summed E-state index contributed by atoms with van der Waals surface area (Å²) in [6, 6.07) is 1.74. The summed E-state index contributed by atoms with van der Waals surface area (Å²) < 4.78 is 7.51. The van der Waals surface area contributed by atoms with E-state index in [0.717, 1.165) is 17.2 Å². The number of carbonyl (C=O) groups is 1. The topological polar surface area (TPSA) is 64.4 Å². The second-order valence-electron chi connectivity index (χ2n) is 3.77. The summed E-state index contributed by atoms with van der Waals surface area (Å²) in [6.07, 6.45) is 3.58. The monoisotopic (exact) mass is 266 g/mol. The molecular weight excluding hydrogens is 252 g/mol. The highest BCUT2D eigenvalue weighted by Gasteiger charge is 2.15. The zero-order valence-corrected chi connectivity index (χ0v) is 11.0. The average molecular weight is 266 g/mol. The predicted octanol–water partition coefficient (Wildman–Crippen LogP) is 2.55. The van der Waals surface area contributed by atoms with E-state index in [-0.39, 0.29) is 11.5 Å². The lowest BCUT2D eigenvalue weighted by molar-refractivity contribution is 0.0697. The molecule has 96 valence electrons. The summed E-state index contributed by atoms with van der Waals surface area (Å²) >= 11 is 1.22. The number of carboxylic acid groups (broad SMARTS) is 1. The van der Waals surface area contributed by atoms with Gasteiger partial charge < -0.3 is 14.4 Å². The van der Waals surface area contributed by atoms with Crippen LogP contribution >= 0.6 is 11.3 Å². The minimum absolute atomic E-state index is 0.238. The van der Waals surface area contributed by atoms with E-state index < -0.39 is 5.97 Å². The van der Waals surface area contributed by atoms with Crippen molar-refractivity contribution in [3.05, 3.63) is 34.0 Å². The Kier molecular flexibility index (Phi) is 3.66. The Hall–Kier alpha value is -1.82. The molecule has 0 unspecified atom stereocenters. The number of nitrogens with zero attached hydrogens (tertiary/aromatic N) is 2. The lowest BCUT2D eigenvalue weighted by Gasteiger charge is -2.06. The molecule has 2 aromatic rings. The Morgan fingerprint density at radius 3 is 3.06 bits per heavy atom. The predicted molar refractivity (Wildman–Crippen MR) is 68.2 cm³/mol. The first-order valence-electron chi connectivity index (χ1n) is 5.58.